The van der Waals surface area contributed by atoms with Gasteiger partial charge in [-0.15, -0.1) is 22.2 Å². The highest BCUT2D eigenvalue weighted by atomic mass is 35.7. The van der Waals surface area contributed by atoms with Gasteiger partial charge < -0.3 is 5.32 Å². The van der Waals surface area contributed by atoms with E-state index in [0.29, 0.717) is 5.67 Å². The van der Waals surface area contributed by atoms with E-state index in [0.717, 1.165) is 13.0 Å². The summed E-state index contributed by atoms with van der Waals surface area (Å²) in [6.07, 6.45) is 1.14. The zero-order valence-corrected chi connectivity index (χ0v) is 8.49. The van der Waals surface area contributed by atoms with Crippen LogP contribution in [0.5, 0.6) is 0 Å². The molecule has 9 heavy (non-hydrogen) atoms. The standard InChI is InChI=1S/C5H13Cl2NSi/c1-3-4-8-5(2)9(6)7/h5,8-9H,3-4H2,1-2H3. The molecule has 0 aromatic carbocycles. The van der Waals surface area contributed by atoms with Crippen LogP contribution in [0.4, 0.5) is 0 Å². The minimum absolute atomic E-state index is 0.341. The molecule has 0 aliphatic carbocycles. The molecular weight excluding hydrogens is 173 g/mol. The first-order valence-corrected chi connectivity index (χ1v) is 7.35. The summed E-state index contributed by atoms with van der Waals surface area (Å²) in [6.45, 7) is 5.18. The van der Waals surface area contributed by atoms with Crippen LogP contribution in [-0.4, -0.2) is 19.6 Å². The Balaban J connectivity index is 3.16. The van der Waals surface area contributed by atoms with Gasteiger partial charge >= 0.3 is 0 Å². The minimum Gasteiger partial charge on any atom is -0.315 e. The summed E-state index contributed by atoms with van der Waals surface area (Å²) in [5.74, 6) is 0. The topological polar surface area (TPSA) is 12.0 Å². The minimum atomic E-state index is -1.46. The number of nitrogens with one attached hydrogen (secondary N) is 1. The lowest BCUT2D eigenvalue weighted by atomic mass is 10.5. The van der Waals surface area contributed by atoms with Gasteiger partial charge in [0.15, 0.2) is 0 Å². The van der Waals surface area contributed by atoms with Gasteiger partial charge in [-0.05, 0) is 13.0 Å². The van der Waals surface area contributed by atoms with Crippen molar-refractivity contribution in [3.05, 3.63) is 0 Å². The van der Waals surface area contributed by atoms with Crippen molar-refractivity contribution in [3.63, 3.8) is 0 Å². The Hall–Kier alpha value is 0.757. The van der Waals surface area contributed by atoms with Crippen molar-refractivity contribution in [3.8, 4) is 0 Å². The first-order chi connectivity index (χ1) is 4.18. The van der Waals surface area contributed by atoms with Crippen molar-refractivity contribution in [2.75, 3.05) is 6.54 Å². The van der Waals surface area contributed by atoms with E-state index in [-0.39, 0.29) is 0 Å². The fraction of sp³-hybridized carbons (Fsp3) is 1.00. The number of halogens is 2. The van der Waals surface area contributed by atoms with Gasteiger partial charge in [-0.1, -0.05) is 13.8 Å². The van der Waals surface area contributed by atoms with E-state index < -0.39 is 7.42 Å². The highest BCUT2D eigenvalue weighted by Crippen LogP contribution is 2.00. The molecule has 0 spiro atoms. The molecule has 56 valence electrons. The number of rotatable bonds is 4. The maximum atomic E-state index is 5.71. The smallest absolute Gasteiger partial charge is 0.252 e. The van der Waals surface area contributed by atoms with Crippen LogP contribution in [0.2, 0.25) is 0 Å². The molecular formula is C5H13Cl2NSi. The Kier molecular flexibility index (Phi) is 6.00. The Morgan fingerprint density at radius 1 is 1.56 bits per heavy atom. The molecule has 0 aliphatic heterocycles. The Morgan fingerprint density at radius 3 is 2.44 bits per heavy atom. The summed E-state index contributed by atoms with van der Waals surface area (Å²) in [6, 6.07) is 0. The fourth-order valence-electron chi connectivity index (χ4n) is 0.461. The van der Waals surface area contributed by atoms with Crippen LogP contribution in [0.3, 0.4) is 0 Å². The van der Waals surface area contributed by atoms with Gasteiger partial charge in [0.05, 0.1) is 0 Å². The molecule has 1 atom stereocenters. The Morgan fingerprint density at radius 2 is 2.11 bits per heavy atom. The van der Waals surface area contributed by atoms with Gasteiger partial charge in [-0.3, -0.25) is 0 Å². The van der Waals surface area contributed by atoms with Gasteiger partial charge in [-0.2, -0.15) is 0 Å². The van der Waals surface area contributed by atoms with Gasteiger partial charge in [0, 0.05) is 5.67 Å². The van der Waals surface area contributed by atoms with Gasteiger partial charge in [0.1, 0.15) is 0 Å². The lowest BCUT2D eigenvalue weighted by Crippen LogP contribution is -2.34. The third-order valence-corrected chi connectivity index (χ3v) is 4.35. The molecule has 0 bridgehead atoms. The second-order valence-corrected chi connectivity index (χ2v) is 7.24. The molecule has 0 fully saturated rings. The third kappa shape index (κ3) is 5.21. The number of hydrogen-bond donors (Lipinski definition) is 1. The molecule has 0 heterocycles. The van der Waals surface area contributed by atoms with Gasteiger partial charge in [0.25, 0.3) is 7.42 Å². The summed E-state index contributed by atoms with van der Waals surface area (Å²) < 4.78 is 0. The largest absolute Gasteiger partial charge is 0.315 e. The van der Waals surface area contributed by atoms with Crippen LogP contribution in [-0.2, 0) is 0 Å². The molecule has 0 saturated heterocycles. The van der Waals surface area contributed by atoms with Crippen LogP contribution >= 0.6 is 22.2 Å². The fourth-order valence-corrected chi connectivity index (χ4v) is 1.34. The first-order valence-electron chi connectivity index (χ1n) is 3.20. The van der Waals surface area contributed by atoms with Crippen LogP contribution in [0, 0.1) is 0 Å². The average molecular weight is 186 g/mol. The van der Waals surface area contributed by atoms with Gasteiger partial charge in [0.2, 0.25) is 0 Å². The van der Waals surface area contributed by atoms with E-state index in [1.54, 1.807) is 0 Å². The van der Waals surface area contributed by atoms with Crippen LogP contribution in [0.1, 0.15) is 20.3 Å². The second kappa shape index (κ2) is 5.53. The molecule has 1 nitrogen and oxygen atoms in total. The van der Waals surface area contributed by atoms with Crippen molar-refractivity contribution < 1.29 is 0 Å². The van der Waals surface area contributed by atoms with E-state index in [4.69, 9.17) is 22.2 Å². The van der Waals surface area contributed by atoms with Crippen molar-refractivity contribution in [2.45, 2.75) is 25.9 Å². The average Bonchev–Trinajstić information content (AvgIpc) is 1.82. The maximum Gasteiger partial charge on any atom is 0.252 e. The van der Waals surface area contributed by atoms with Crippen molar-refractivity contribution >= 4 is 29.6 Å². The predicted octanol–water partition coefficient (Wildman–Crippen LogP) is 1.61. The molecule has 0 aromatic heterocycles. The predicted molar refractivity (Wildman–Crippen MR) is 46.6 cm³/mol. The molecule has 0 saturated carbocycles. The summed E-state index contributed by atoms with van der Waals surface area (Å²) in [7, 11) is -1.46. The lowest BCUT2D eigenvalue weighted by Gasteiger charge is -2.11. The van der Waals surface area contributed by atoms with Crippen LogP contribution in [0.15, 0.2) is 0 Å². The Bertz CT molecular complexity index is 70.0. The van der Waals surface area contributed by atoms with Gasteiger partial charge in [-0.25, -0.2) is 0 Å². The van der Waals surface area contributed by atoms with Crippen molar-refractivity contribution in [1.29, 1.82) is 0 Å². The van der Waals surface area contributed by atoms with E-state index in [9.17, 15) is 0 Å². The zero-order chi connectivity index (χ0) is 7.28. The summed E-state index contributed by atoms with van der Waals surface area (Å²) in [5, 5.41) is 3.23. The maximum absolute atomic E-state index is 5.71. The summed E-state index contributed by atoms with van der Waals surface area (Å²) in [5.41, 5.74) is 0.341. The quantitative estimate of drug-likeness (QED) is 0.519. The molecule has 0 amide bonds. The van der Waals surface area contributed by atoms with E-state index in [2.05, 4.69) is 12.2 Å². The SMILES string of the molecule is CCCNC(C)[SiH](Cl)Cl. The molecule has 0 aliphatic rings. The van der Waals surface area contributed by atoms with E-state index >= 15 is 0 Å². The lowest BCUT2D eigenvalue weighted by molar-refractivity contribution is 0.660. The van der Waals surface area contributed by atoms with Crippen LogP contribution < -0.4 is 5.32 Å². The highest BCUT2D eigenvalue weighted by Gasteiger charge is 2.10. The normalized spacial score (nSPS) is 14.3. The number of hydrogen-bond acceptors (Lipinski definition) is 1. The zero-order valence-electron chi connectivity index (χ0n) is 5.82. The highest BCUT2D eigenvalue weighted by molar-refractivity contribution is 7.34. The molecule has 0 aromatic rings. The molecule has 0 rings (SSSR count). The monoisotopic (exact) mass is 185 g/mol. The van der Waals surface area contributed by atoms with Crippen molar-refractivity contribution in [1.82, 2.24) is 5.32 Å². The van der Waals surface area contributed by atoms with E-state index in [1.165, 1.54) is 0 Å². The summed E-state index contributed by atoms with van der Waals surface area (Å²) >= 11 is 11.4. The molecule has 4 heteroatoms. The van der Waals surface area contributed by atoms with E-state index in [1.807, 2.05) is 6.92 Å². The Labute approximate surface area is 67.7 Å². The molecule has 1 N–H and O–H groups in total. The van der Waals surface area contributed by atoms with Crippen molar-refractivity contribution in [2.24, 2.45) is 0 Å². The molecule has 0 radical (unpaired) electrons. The van der Waals surface area contributed by atoms with Crippen LogP contribution in [0.25, 0.3) is 0 Å². The first kappa shape index (κ1) is 9.76. The summed E-state index contributed by atoms with van der Waals surface area (Å²) in [4.78, 5) is 0. The second-order valence-electron chi connectivity index (χ2n) is 2.08. The third-order valence-electron chi connectivity index (χ3n) is 1.09. The molecule has 1 unspecified atom stereocenters.